The Bertz CT molecular complexity index is 407. The summed E-state index contributed by atoms with van der Waals surface area (Å²) in [7, 11) is 0. The molecular formula is C13H19BrN2OS. The Morgan fingerprint density at radius 1 is 1.44 bits per heavy atom. The van der Waals surface area contributed by atoms with Crippen LogP contribution in [0.25, 0.3) is 0 Å². The van der Waals surface area contributed by atoms with E-state index in [1.807, 2.05) is 11.4 Å². The second kappa shape index (κ2) is 6.68. The van der Waals surface area contributed by atoms with E-state index in [-0.39, 0.29) is 17.9 Å². The maximum Gasteiger partial charge on any atom is 0.224 e. The average molecular weight is 331 g/mol. The fraction of sp³-hybridized carbons (Fsp3) is 0.615. The number of hydrogen-bond donors (Lipinski definition) is 2. The van der Waals surface area contributed by atoms with E-state index in [1.165, 1.54) is 6.42 Å². The number of hydrogen-bond acceptors (Lipinski definition) is 3. The number of nitrogens with two attached hydrogens (primary N) is 1. The first-order chi connectivity index (χ1) is 8.68. The highest BCUT2D eigenvalue weighted by atomic mass is 79.9. The lowest BCUT2D eigenvalue weighted by atomic mass is 9.94. The number of amides is 1. The third-order valence-electron chi connectivity index (χ3n) is 3.52. The predicted octanol–water partition coefficient (Wildman–Crippen LogP) is 3.03. The van der Waals surface area contributed by atoms with Crippen molar-refractivity contribution in [2.45, 2.75) is 44.7 Å². The van der Waals surface area contributed by atoms with Crippen molar-refractivity contribution < 1.29 is 4.79 Å². The molecule has 0 aromatic carbocycles. The number of thiophene rings is 1. The lowest BCUT2D eigenvalue weighted by molar-refractivity contribution is -0.126. The van der Waals surface area contributed by atoms with Gasteiger partial charge in [0.2, 0.25) is 5.91 Å². The van der Waals surface area contributed by atoms with Gasteiger partial charge in [-0.05, 0) is 40.2 Å². The van der Waals surface area contributed by atoms with Gasteiger partial charge in [0, 0.05) is 15.4 Å². The maximum absolute atomic E-state index is 12.2. The first kappa shape index (κ1) is 14.0. The third kappa shape index (κ3) is 3.56. The average Bonchev–Trinajstić information content (AvgIpc) is 2.63. The van der Waals surface area contributed by atoms with Crippen molar-refractivity contribution in [1.82, 2.24) is 5.32 Å². The number of halogens is 1. The predicted molar refractivity (Wildman–Crippen MR) is 78.4 cm³/mol. The van der Waals surface area contributed by atoms with Gasteiger partial charge in [-0.25, -0.2) is 0 Å². The fourth-order valence-electron chi connectivity index (χ4n) is 2.41. The van der Waals surface area contributed by atoms with Crippen molar-refractivity contribution in [3.8, 4) is 0 Å². The summed E-state index contributed by atoms with van der Waals surface area (Å²) in [6, 6.07) is 2.03. The molecule has 1 aromatic heterocycles. The summed E-state index contributed by atoms with van der Waals surface area (Å²) in [5.74, 6) is 0.107. The molecule has 1 fully saturated rings. The lowest BCUT2D eigenvalue weighted by Gasteiger charge is -2.20. The van der Waals surface area contributed by atoms with Crippen LogP contribution < -0.4 is 11.1 Å². The van der Waals surface area contributed by atoms with Gasteiger partial charge in [-0.1, -0.05) is 19.3 Å². The van der Waals surface area contributed by atoms with Gasteiger partial charge < -0.3 is 11.1 Å². The van der Waals surface area contributed by atoms with E-state index >= 15 is 0 Å². The summed E-state index contributed by atoms with van der Waals surface area (Å²) in [6.45, 7) is 0.598. The Hall–Kier alpha value is -0.390. The molecule has 0 aliphatic heterocycles. The summed E-state index contributed by atoms with van der Waals surface area (Å²) in [6.07, 6.45) is 5.38. The van der Waals surface area contributed by atoms with Gasteiger partial charge in [0.25, 0.3) is 0 Å². The number of carbonyl (C=O) groups excluding carboxylic acids is 1. The standard InChI is InChI=1S/C13H19BrN2OS/c14-10-6-7-18-12(10)8-16-13(17)9-4-2-1-3-5-11(9)15/h6-7,9,11H,1-5,8,15H2,(H,16,17). The minimum Gasteiger partial charge on any atom is -0.351 e. The van der Waals surface area contributed by atoms with Crippen LogP contribution in [0.3, 0.4) is 0 Å². The molecule has 1 amide bonds. The summed E-state index contributed by atoms with van der Waals surface area (Å²) in [4.78, 5) is 13.3. The van der Waals surface area contributed by atoms with Crippen LogP contribution in [0.15, 0.2) is 15.9 Å². The van der Waals surface area contributed by atoms with Crippen molar-refractivity contribution in [2.24, 2.45) is 11.7 Å². The highest BCUT2D eigenvalue weighted by Gasteiger charge is 2.26. The van der Waals surface area contributed by atoms with Gasteiger partial charge >= 0.3 is 0 Å². The van der Waals surface area contributed by atoms with Crippen LogP contribution in [-0.2, 0) is 11.3 Å². The normalized spacial score (nSPS) is 24.6. The van der Waals surface area contributed by atoms with Gasteiger partial charge in [-0.15, -0.1) is 11.3 Å². The molecule has 0 radical (unpaired) electrons. The summed E-state index contributed by atoms with van der Waals surface area (Å²) >= 11 is 5.12. The molecule has 1 aliphatic rings. The monoisotopic (exact) mass is 330 g/mol. The maximum atomic E-state index is 12.2. The van der Waals surface area contributed by atoms with Gasteiger partial charge in [-0.3, -0.25) is 4.79 Å². The molecule has 1 heterocycles. The molecule has 1 aliphatic carbocycles. The smallest absolute Gasteiger partial charge is 0.224 e. The lowest BCUT2D eigenvalue weighted by Crippen LogP contribution is -2.41. The van der Waals surface area contributed by atoms with Gasteiger partial charge in [0.15, 0.2) is 0 Å². The van der Waals surface area contributed by atoms with E-state index in [2.05, 4.69) is 21.2 Å². The molecule has 3 N–H and O–H groups in total. The van der Waals surface area contributed by atoms with Crippen LogP contribution in [0.4, 0.5) is 0 Å². The number of rotatable bonds is 3. The van der Waals surface area contributed by atoms with E-state index in [9.17, 15) is 4.79 Å². The second-order valence-corrected chi connectivity index (χ2v) is 6.67. The molecule has 0 spiro atoms. The SMILES string of the molecule is NC1CCCCCC1C(=O)NCc1sccc1Br. The zero-order chi connectivity index (χ0) is 13.0. The second-order valence-electron chi connectivity index (χ2n) is 4.82. The van der Waals surface area contributed by atoms with Gasteiger partial charge in [0.1, 0.15) is 0 Å². The molecule has 100 valence electrons. The van der Waals surface area contributed by atoms with Crippen LogP contribution >= 0.6 is 27.3 Å². The van der Waals surface area contributed by atoms with E-state index in [4.69, 9.17) is 5.73 Å². The van der Waals surface area contributed by atoms with E-state index in [0.717, 1.165) is 35.0 Å². The molecule has 1 aromatic rings. The highest BCUT2D eigenvalue weighted by Crippen LogP contribution is 2.24. The molecule has 2 unspecified atom stereocenters. The molecule has 0 bridgehead atoms. The van der Waals surface area contributed by atoms with Crippen molar-refractivity contribution in [1.29, 1.82) is 0 Å². The molecule has 3 nitrogen and oxygen atoms in total. The van der Waals surface area contributed by atoms with Gasteiger partial charge in [0.05, 0.1) is 12.5 Å². The third-order valence-corrected chi connectivity index (χ3v) is 5.45. The van der Waals surface area contributed by atoms with Crippen molar-refractivity contribution in [2.75, 3.05) is 0 Å². The molecule has 0 saturated heterocycles. The van der Waals surface area contributed by atoms with Crippen LogP contribution in [0, 0.1) is 5.92 Å². The minimum absolute atomic E-state index is 0.00811. The summed E-state index contributed by atoms with van der Waals surface area (Å²) < 4.78 is 1.07. The van der Waals surface area contributed by atoms with Crippen molar-refractivity contribution in [3.63, 3.8) is 0 Å². The first-order valence-corrected chi connectivity index (χ1v) is 8.11. The Kier molecular flexibility index (Phi) is 5.21. The zero-order valence-electron chi connectivity index (χ0n) is 10.3. The van der Waals surface area contributed by atoms with Crippen LogP contribution in [0.1, 0.15) is 37.0 Å². The Morgan fingerprint density at radius 2 is 2.22 bits per heavy atom. The largest absolute Gasteiger partial charge is 0.351 e. The molecule has 1 saturated carbocycles. The molecule has 2 rings (SSSR count). The quantitative estimate of drug-likeness (QED) is 0.837. The Balaban J connectivity index is 1.88. The van der Waals surface area contributed by atoms with Crippen molar-refractivity contribution in [3.05, 3.63) is 20.8 Å². The summed E-state index contributed by atoms with van der Waals surface area (Å²) in [5, 5.41) is 5.03. The molecule has 5 heteroatoms. The van der Waals surface area contributed by atoms with Crippen LogP contribution in [-0.4, -0.2) is 11.9 Å². The van der Waals surface area contributed by atoms with Crippen molar-refractivity contribution >= 4 is 33.2 Å². The van der Waals surface area contributed by atoms with Crippen LogP contribution in [0.5, 0.6) is 0 Å². The molecular weight excluding hydrogens is 312 g/mol. The molecule has 2 atom stereocenters. The zero-order valence-corrected chi connectivity index (χ0v) is 12.7. The van der Waals surface area contributed by atoms with Gasteiger partial charge in [-0.2, -0.15) is 0 Å². The van der Waals surface area contributed by atoms with Crippen LogP contribution in [0.2, 0.25) is 0 Å². The number of nitrogens with one attached hydrogen (secondary N) is 1. The fourth-order valence-corrected chi connectivity index (χ4v) is 3.84. The summed E-state index contributed by atoms with van der Waals surface area (Å²) in [5.41, 5.74) is 6.09. The minimum atomic E-state index is -0.00811. The van der Waals surface area contributed by atoms with E-state index in [1.54, 1.807) is 11.3 Å². The van der Waals surface area contributed by atoms with E-state index < -0.39 is 0 Å². The first-order valence-electron chi connectivity index (χ1n) is 6.43. The molecule has 18 heavy (non-hydrogen) atoms. The highest BCUT2D eigenvalue weighted by molar-refractivity contribution is 9.10. The van der Waals surface area contributed by atoms with E-state index in [0.29, 0.717) is 6.54 Å². The topological polar surface area (TPSA) is 55.1 Å². The Morgan fingerprint density at radius 3 is 2.94 bits per heavy atom. The number of carbonyl (C=O) groups is 1. The Labute approximate surface area is 120 Å².